The van der Waals surface area contributed by atoms with E-state index in [-0.39, 0.29) is 0 Å². The Morgan fingerprint density at radius 2 is 2.00 bits per heavy atom. The lowest BCUT2D eigenvalue weighted by atomic mass is 10.1. The molecule has 5 heteroatoms. The molecule has 0 unspecified atom stereocenters. The minimum absolute atomic E-state index is 0.718. The molecular formula is C16H25N5. The van der Waals surface area contributed by atoms with Gasteiger partial charge in [0.1, 0.15) is 0 Å². The summed E-state index contributed by atoms with van der Waals surface area (Å²) in [6.07, 6.45) is 1.02. The van der Waals surface area contributed by atoms with Gasteiger partial charge in [0.15, 0.2) is 5.82 Å². The summed E-state index contributed by atoms with van der Waals surface area (Å²) in [5, 5.41) is 7.91. The Kier molecular flexibility index (Phi) is 4.40. The number of hydrogen-bond acceptors (Lipinski definition) is 4. The van der Waals surface area contributed by atoms with Gasteiger partial charge in [0, 0.05) is 32.0 Å². The second-order valence-electron chi connectivity index (χ2n) is 5.59. The lowest BCUT2D eigenvalue weighted by molar-refractivity contribution is 0.605. The van der Waals surface area contributed by atoms with Crippen LogP contribution in [0.1, 0.15) is 24.6 Å². The first-order chi connectivity index (χ1) is 9.93. The second kappa shape index (κ2) is 6.08. The Morgan fingerprint density at radius 3 is 2.62 bits per heavy atom. The highest BCUT2D eigenvalue weighted by molar-refractivity contribution is 5.73. The number of anilines is 4. The van der Waals surface area contributed by atoms with Crippen molar-refractivity contribution in [1.82, 2.24) is 9.78 Å². The molecule has 1 aromatic carbocycles. The number of nitrogens with one attached hydrogen (secondary N) is 1. The molecule has 0 amide bonds. The number of nitrogen functional groups attached to an aromatic ring is 1. The molecular weight excluding hydrogens is 262 g/mol. The molecule has 0 saturated heterocycles. The Hall–Kier alpha value is -2.17. The van der Waals surface area contributed by atoms with Gasteiger partial charge in [0.2, 0.25) is 0 Å². The van der Waals surface area contributed by atoms with Gasteiger partial charge in [-0.2, -0.15) is 5.10 Å². The van der Waals surface area contributed by atoms with Crippen LogP contribution < -0.4 is 16.0 Å². The number of aromatic nitrogens is 2. The van der Waals surface area contributed by atoms with Crippen LogP contribution in [0.15, 0.2) is 18.2 Å². The number of hydrogen-bond donors (Lipinski definition) is 2. The molecule has 0 aliphatic heterocycles. The van der Waals surface area contributed by atoms with Crippen molar-refractivity contribution in [2.24, 2.45) is 0 Å². The van der Waals surface area contributed by atoms with Gasteiger partial charge in [-0.05, 0) is 38.0 Å². The molecule has 2 rings (SSSR count). The molecule has 5 nitrogen and oxygen atoms in total. The van der Waals surface area contributed by atoms with Crippen molar-refractivity contribution in [1.29, 1.82) is 0 Å². The summed E-state index contributed by atoms with van der Waals surface area (Å²) in [6, 6.07) is 6.31. The molecule has 21 heavy (non-hydrogen) atoms. The van der Waals surface area contributed by atoms with Crippen molar-refractivity contribution in [2.75, 3.05) is 30.0 Å². The number of nitrogens with two attached hydrogens (primary N) is 1. The molecule has 0 fully saturated rings. The van der Waals surface area contributed by atoms with Gasteiger partial charge in [-0.15, -0.1) is 0 Å². The van der Waals surface area contributed by atoms with Crippen LogP contribution >= 0.6 is 0 Å². The summed E-state index contributed by atoms with van der Waals surface area (Å²) in [4.78, 5) is 2.11. The highest BCUT2D eigenvalue weighted by Gasteiger charge is 2.13. The summed E-state index contributed by atoms with van der Waals surface area (Å²) in [5.41, 5.74) is 11.2. The summed E-state index contributed by atoms with van der Waals surface area (Å²) in [6.45, 7) is 7.03. The monoisotopic (exact) mass is 287 g/mol. The number of rotatable bonds is 5. The van der Waals surface area contributed by atoms with Crippen molar-refractivity contribution < 1.29 is 0 Å². The van der Waals surface area contributed by atoms with Crippen molar-refractivity contribution in [3.8, 4) is 0 Å². The number of nitrogens with zero attached hydrogens (tertiary/aromatic N) is 3. The Balaban J connectivity index is 2.36. The van der Waals surface area contributed by atoms with Crippen LogP contribution in [-0.4, -0.2) is 23.9 Å². The quantitative estimate of drug-likeness (QED) is 0.886. The van der Waals surface area contributed by atoms with Crippen molar-refractivity contribution in [3.05, 3.63) is 29.5 Å². The van der Waals surface area contributed by atoms with E-state index in [9.17, 15) is 0 Å². The van der Waals surface area contributed by atoms with Crippen LogP contribution in [0.4, 0.5) is 22.9 Å². The van der Waals surface area contributed by atoms with Crippen LogP contribution in [0, 0.1) is 13.8 Å². The molecule has 2 aromatic rings. The highest BCUT2D eigenvalue weighted by Crippen LogP contribution is 2.29. The predicted octanol–water partition coefficient (Wildman–Crippen LogP) is 3.30. The topological polar surface area (TPSA) is 59.1 Å². The van der Waals surface area contributed by atoms with Crippen molar-refractivity contribution in [2.45, 2.75) is 33.7 Å². The van der Waals surface area contributed by atoms with E-state index in [1.807, 2.05) is 25.7 Å². The lowest BCUT2D eigenvalue weighted by Gasteiger charge is -2.18. The van der Waals surface area contributed by atoms with Crippen LogP contribution in [0.3, 0.4) is 0 Å². The van der Waals surface area contributed by atoms with Gasteiger partial charge in [0.05, 0.1) is 11.4 Å². The van der Waals surface area contributed by atoms with Gasteiger partial charge >= 0.3 is 0 Å². The maximum Gasteiger partial charge on any atom is 0.152 e. The van der Waals surface area contributed by atoms with E-state index < -0.39 is 0 Å². The third-order valence-corrected chi connectivity index (χ3v) is 3.56. The van der Waals surface area contributed by atoms with E-state index >= 15 is 0 Å². The summed E-state index contributed by atoms with van der Waals surface area (Å²) >= 11 is 0. The van der Waals surface area contributed by atoms with E-state index in [4.69, 9.17) is 5.73 Å². The first kappa shape index (κ1) is 15.2. The van der Waals surface area contributed by atoms with Crippen LogP contribution in [-0.2, 0) is 6.54 Å². The first-order valence-electron chi connectivity index (χ1n) is 7.32. The predicted molar refractivity (Wildman–Crippen MR) is 90.5 cm³/mol. The van der Waals surface area contributed by atoms with E-state index in [0.29, 0.717) is 0 Å². The molecule has 0 aliphatic carbocycles. The Morgan fingerprint density at radius 1 is 1.29 bits per heavy atom. The fourth-order valence-electron chi connectivity index (χ4n) is 2.41. The maximum absolute atomic E-state index is 6.15. The molecule has 1 heterocycles. The van der Waals surface area contributed by atoms with Crippen molar-refractivity contribution in [3.63, 3.8) is 0 Å². The fraction of sp³-hybridized carbons (Fsp3) is 0.438. The zero-order valence-corrected chi connectivity index (χ0v) is 13.6. The Bertz CT molecular complexity index is 628. The third kappa shape index (κ3) is 3.12. The van der Waals surface area contributed by atoms with E-state index in [1.165, 1.54) is 11.3 Å². The molecule has 114 valence electrons. The number of aryl methyl sites for hydroxylation is 3. The number of benzene rings is 1. The molecule has 0 spiro atoms. The minimum Gasteiger partial charge on any atom is -0.394 e. The second-order valence-corrected chi connectivity index (χ2v) is 5.59. The largest absolute Gasteiger partial charge is 0.394 e. The molecule has 0 atom stereocenters. The van der Waals surface area contributed by atoms with E-state index in [1.54, 1.807) is 0 Å². The van der Waals surface area contributed by atoms with Gasteiger partial charge < -0.3 is 16.0 Å². The molecule has 0 radical (unpaired) electrons. The van der Waals surface area contributed by atoms with E-state index in [0.717, 1.165) is 35.9 Å². The van der Waals surface area contributed by atoms with Gasteiger partial charge in [-0.3, -0.25) is 0 Å². The highest BCUT2D eigenvalue weighted by atomic mass is 15.3. The summed E-state index contributed by atoms with van der Waals surface area (Å²) in [7, 11) is 4.10. The Labute approximate surface area is 126 Å². The van der Waals surface area contributed by atoms with Crippen LogP contribution in [0.5, 0.6) is 0 Å². The molecule has 1 aromatic heterocycles. The maximum atomic E-state index is 6.15. The molecule has 0 bridgehead atoms. The third-order valence-electron chi connectivity index (χ3n) is 3.56. The smallest absolute Gasteiger partial charge is 0.152 e. The molecule has 3 N–H and O–H groups in total. The average Bonchev–Trinajstić information content (AvgIpc) is 2.69. The zero-order valence-electron chi connectivity index (χ0n) is 13.6. The SMILES string of the molecule is CCCn1nc(C)c(N)c1Nc1ccc(C)c(N(C)C)c1. The van der Waals surface area contributed by atoms with Gasteiger partial charge in [0.25, 0.3) is 0 Å². The first-order valence-corrected chi connectivity index (χ1v) is 7.32. The van der Waals surface area contributed by atoms with Gasteiger partial charge in [-0.25, -0.2) is 4.68 Å². The van der Waals surface area contributed by atoms with Crippen molar-refractivity contribution >= 4 is 22.9 Å². The summed E-state index contributed by atoms with van der Waals surface area (Å²) < 4.78 is 1.94. The summed E-state index contributed by atoms with van der Waals surface area (Å²) in [5.74, 6) is 0.878. The minimum atomic E-state index is 0.718. The van der Waals surface area contributed by atoms with Crippen LogP contribution in [0.25, 0.3) is 0 Å². The van der Waals surface area contributed by atoms with Gasteiger partial charge in [-0.1, -0.05) is 13.0 Å². The fourth-order valence-corrected chi connectivity index (χ4v) is 2.41. The zero-order chi connectivity index (χ0) is 15.6. The average molecular weight is 287 g/mol. The van der Waals surface area contributed by atoms with Crippen LogP contribution in [0.2, 0.25) is 0 Å². The standard InChI is InChI=1S/C16H25N5/c1-6-9-21-16(15(17)12(3)19-21)18-13-8-7-11(2)14(10-13)20(4)5/h7-8,10,18H,6,9,17H2,1-5H3. The van der Waals surface area contributed by atoms with E-state index in [2.05, 4.69) is 47.4 Å². The normalized spacial score (nSPS) is 10.7. The molecule has 0 aliphatic rings. The lowest BCUT2D eigenvalue weighted by Crippen LogP contribution is -2.11. The molecule has 0 saturated carbocycles.